The van der Waals surface area contributed by atoms with E-state index in [1.165, 1.54) is 44.3 Å². The zero-order valence-electron chi connectivity index (χ0n) is 32.6. The second kappa shape index (κ2) is 12.7. The van der Waals surface area contributed by atoms with Gasteiger partial charge in [-0.05, 0) is 51.6 Å². The quantitative estimate of drug-likeness (QED) is 0.176. The Bertz CT molecular complexity index is 3450. The average Bonchev–Trinajstić information content (AvgIpc) is 3.90. The van der Waals surface area contributed by atoms with Crippen LogP contribution in [0.25, 0.3) is 100 Å². The summed E-state index contributed by atoms with van der Waals surface area (Å²) in [6.45, 7) is 4.73. The van der Waals surface area contributed by atoms with Gasteiger partial charge in [-0.2, -0.15) is 9.97 Å². The van der Waals surface area contributed by atoms with Gasteiger partial charge in [-0.25, -0.2) is 4.98 Å². The molecule has 3 heterocycles. The maximum Gasteiger partial charge on any atom is 0.238 e. The molecule has 59 heavy (non-hydrogen) atoms. The minimum atomic E-state index is -0.218. The molecule has 5 heteroatoms. The monoisotopic (exact) mass is 755 g/mol. The fourth-order valence-electron chi connectivity index (χ4n) is 9.72. The second-order valence-corrected chi connectivity index (χ2v) is 16.0. The van der Waals surface area contributed by atoms with Crippen molar-refractivity contribution in [3.8, 4) is 56.7 Å². The Hall–Kier alpha value is -7.63. The molecule has 0 unspecified atom stereocenters. The zero-order chi connectivity index (χ0) is 39.2. The van der Waals surface area contributed by atoms with E-state index in [9.17, 15) is 0 Å². The van der Waals surface area contributed by atoms with Gasteiger partial charge in [0.1, 0.15) is 0 Å². The molecule has 0 N–H and O–H groups in total. The first kappa shape index (κ1) is 33.5. The smallest absolute Gasteiger partial charge is 0.238 e. The molecule has 0 saturated heterocycles. The summed E-state index contributed by atoms with van der Waals surface area (Å²) in [6.07, 6.45) is 0. The van der Waals surface area contributed by atoms with Crippen LogP contribution in [0.4, 0.5) is 0 Å². The molecule has 0 saturated carbocycles. The minimum Gasteiger partial charge on any atom is -0.307 e. The molecule has 0 amide bonds. The molecule has 3 aromatic heterocycles. The maximum atomic E-state index is 5.38. The molecule has 0 aliphatic heterocycles. The van der Waals surface area contributed by atoms with Crippen LogP contribution in [-0.2, 0) is 5.41 Å². The van der Waals surface area contributed by atoms with E-state index in [0.717, 1.165) is 49.5 Å². The van der Waals surface area contributed by atoms with Crippen molar-refractivity contribution in [3.05, 3.63) is 199 Å². The van der Waals surface area contributed by atoms with Gasteiger partial charge in [0.25, 0.3) is 0 Å². The molecule has 0 radical (unpaired) electrons. The van der Waals surface area contributed by atoms with Crippen molar-refractivity contribution in [2.45, 2.75) is 19.3 Å². The van der Waals surface area contributed by atoms with Crippen molar-refractivity contribution < 1.29 is 0 Å². The van der Waals surface area contributed by atoms with Gasteiger partial charge in [-0.15, -0.1) is 0 Å². The predicted molar refractivity (Wildman–Crippen MR) is 242 cm³/mol. The number of hydrogen-bond donors (Lipinski definition) is 0. The van der Waals surface area contributed by atoms with Gasteiger partial charge < -0.3 is 4.57 Å². The van der Waals surface area contributed by atoms with Crippen molar-refractivity contribution in [2.75, 3.05) is 0 Å². The van der Waals surface area contributed by atoms with Gasteiger partial charge in [-0.1, -0.05) is 184 Å². The van der Waals surface area contributed by atoms with Crippen LogP contribution in [0.5, 0.6) is 0 Å². The van der Waals surface area contributed by atoms with Crippen LogP contribution in [0, 0.1) is 0 Å². The zero-order valence-corrected chi connectivity index (χ0v) is 32.6. The lowest BCUT2D eigenvalue weighted by atomic mass is 9.81. The Morgan fingerprint density at radius 2 is 0.864 bits per heavy atom. The summed E-state index contributed by atoms with van der Waals surface area (Å²) in [6, 6.07) is 67.0. The topological polar surface area (TPSA) is 48.5 Å². The summed E-state index contributed by atoms with van der Waals surface area (Å²) >= 11 is 0. The largest absolute Gasteiger partial charge is 0.307 e. The number of benzene rings is 8. The molecular formula is C54H37N5. The van der Waals surface area contributed by atoms with Gasteiger partial charge in [0.2, 0.25) is 5.95 Å². The van der Waals surface area contributed by atoms with E-state index in [-0.39, 0.29) is 5.41 Å². The summed E-state index contributed by atoms with van der Waals surface area (Å²) in [5.74, 6) is 1.81. The molecule has 1 aliphatic rings. The Kier molecular flexibility index (Phi) is 7.20. The molecule has 0 fully saturated rings. The Labute approximate surface area is 341 Å². The minimum absolute atomic E-state index is 0.218. The standard InChI is InChI=1S/C54H37N5/c1-54(2)44-24-12-9-20-38(44)41-23-15-27-47(48(41)54)58-45-25-13-10-21-39(45)42-32-33-43-40-22-11-14-26-46(40)59(50(43)49(42)58)53-56-51(36-18-7-4-8-19-36)55-52(57-53)37-30-28-35(29-31-37)34-16-5-3-6-17-34/h3-33H,1-2H3. The molecule has 0 bridgehead atoms. The highest BCUT2D eigenvalue weighted by atomic mass is 15.2. The molecule has 1 aliphatic carbocycles. The summed E-state index contributed by atoms with van der Waals surface area (Å²) < 4.78 is 4.79. The molecule has 12 rings (SSSR count). The van der Waals surface area contributed by atoms with Crippen molar-refractivity contribution in [3.63, 3.8) is 0 Å². The Balaban J connectivity index is 1.19. The highest BCUT2D eigenvalue weighted by molar-refractivity contribution is 6.23. The van der Waals surface area contributed by atoms with Gasteiger partial charge in [0.15, 0.2) is 11.6 Å². The number of aromatic nitrogens is 5. The Morgan fingerprint density at radius 3 is 1.54 bits per heavy atom. The molecule has 278 valence electrons. The fraction of sp³-hybridized carbons (Fsp3) is 0.0556. The van der Waals surface area contributed by atoms with Crippen LogP contribution in [0.2, 0.25) is 0 Å². The number of hydrogen-bond acceptors (Lipinski definition) is 3. The van der Waals surface area contributed by atoms with E-state index in [0.29, 0.717) is 17.6 Å². The van der Waals surface area contributed by atoms with E-state index in [1.807, 2.05) is 24.3 Å². The molecular weight excluding hydrogens is 719 g/mol. The molecule has 0 atom stereocenters. The summed E-state index contributed by atoms with van der Waals surface area (Å²) in [4.78, 5) is 15.9. The molecule has 11 aromatic rings. The molecule has 5 nitrogen and oxygen atoms in total. The SMILES string of the molecule is CC1(C)c2ccccc2-c2cccc(-n3c4ccccc4c4ccc5c6ccccc6n(-c6nc(-c7ccccc7)nc(-c7ccc(-c8ccccc8)cc7)n6)c5c43)c21. The van der Waals surface area contributed by atoms with Gasteiger partial charge in [0.05, 0.1) is 27.8 Å². The van der Waals surface area contributed by atoms with E-state index >= 15 is 0 Å². The third kappa shape index (κ3) is 4.95. The molecule has 8 aromatic carbocycles. The number of para-hydroxylation sites is 2. The first-order chi connectivity index (χ1) is 29.0. The first-order valence-corrected chi connectivity index (χ1v) is 20.2. The third-order valence-corrected chi connectivity index (χ3v) is 12.4. The molecule has 0 spiro atoms. The number of nitrogens with zero attached hydrogens (tertiary/aromatic N) is 5. The van der Waals surface area contributed by atoms with Crippen molar-refractivity contribution >= 4 is 43.6 Å². The van der Waals surface area contributed by atoms with Gasteiger partial charge in [0, 0.05) is 38.1 Å². The highest BCUT2D eigenvalue weighted by Gasteiger charge is 2.38. The van der Waals surface area contributed by atoms with E-state index in [4.69, 9.17) is 15.0 Å². The van der Waals surface area contributed by atoms with Crippen LogP contribution < -0.4 is 0 Å². The van der Waals surface area contributed by atoms with Gasteiger partial charge in [-0.3, -0.25) is 4.57 Å². The van der Waals surface area contributed by atoms with Crippen molar-refractivity contribution in [1.29, 1.82) is 0 Å². The summed E-state index contributed by atoms with van der Waals surface area (Å²) in [7, 11) is 0. The first-order valence-electron chi connectivity index (χ1n) is 20.2. The third-order valence-electron chi connectivity index (χ3n) is 12.4. The lowest BCUT2D eigenvalue weighted by molar-refractivity contribution is 0.656. The van der Waals surface area contributed by atoms with Crippen molar-refractivity contribution in [2.24, 2.45) is 0 Å². The van der Waals surface area contributed by atoms with E-state index < -0.39 is 0 Å². The van der Waals surface area contributed by atoms with Crippen molar-refractivity contribution in [1.82, 2.24) is 24.1 Å². The second-order valence-electron chi connectivity index (χ2n) is 16.0. The average molecular weight is 756 g/mol. The van der Waals surface area contributed by atoms with Gasteiger partial charge >= 0.3 is 0 Å². The van der Waals surface area contributed by atoms with Crippen LogP contribution >= 0.6 is 0 Å². The predicted octanol–water partition coefficient (Wildman–Crippen LogP) is 13.4. The highest BCUT2D eigenvalue weighted by Crippen LogP contribution is 2.52. The number of rotatable bonds is 5. The van der Waals surface area contributed by atoms with Crippen LogP contribution in [-0.4, -0.2) is 24.1 Å². The lowest BCUT2D eigenvalue weighted by Crippen LogP contribution is -2.18. The Morgan fingerprint density at radius 1 is 0.373 bits per heavy atom. The van der Waals surface area contributed by atoms with Crippen LogP contribution in [0.15, 0.2) is 188 Å². The van der Waals surface area contributed by atoms with Crippen LogP contribution in [0.3, 0.4) is 0 Å². The summed E-state index contributed by atoms with van der Waals surface area (Å²) in [5, 5.41) is 4.66. The van der Waals surface area contributed by atoms with Crippen LogP contribution in [0.1, 0.15) is 25.0 Å². The van der Waals surface area contributed by atoms with E-state index in [2.05, 4.69) is 187 Å². The normalized spacial score (nSPS) is 13.1. The fourth-order valence-corrected chi connectivity index (χ4v) is 9.72. The lowest BCUT2D eigenvalue weighted by Gasteiger charge is -2.25. The van der Waals surface area contributed by atoms with E-state index in [1.54, 1.807) is 0 Å². The summed E-state index contributed by atoms with van der Waals surface area (Å²) in [5.41, 5.74) is 14.8. The maximum absolute atomic E-state index is 5.38. The number of fused-ring (bicyclic) bond motifs is 10.